The van der Waals surface area contributed by atoms with Crippen LogP contribution in [0.25, 0.3) is 66.4 Å². The molecule has 1 heterocycles. The van der Waals surface area contributed by atoms with Crippen molar-refractivity contribution in [3.05, 3.63) is 200 Å². The maximum Gasteiger partial charge on any atom is 0.135 e. The van der Waals surface area contributed by atoms with Crippen LogP contribution in [0.5, 0.6) is 0 Å². The fourth-order valence-corrected chi connectivity index (χ4v) is 6.83. The number of benzene rings is 8. The molecule has 0 spiro atoms. The van der Waals surface area contributed by atoms with Gasteiger partial charge in [-0.05, 0) is 98.8 Å². The Hall–Kier alpha value is -6.64. The van der Waals surface area contributed by atoms with Crippen LogP contribution in [0, 0.1) is 0 Å². The Balaban J connectivity index is 1.05. The van der Waals surface area contributed by atoms with Crippen molar-refractivity contribution in [3.63, 3.8) is 0 Å². The molecule has 0 saturated heterocycles. The van der Waals surface area contributed by atoms with E-state index in [0.29, 0.717) is 0 Å². The van der Waals surface area contributed by atoms with Gasteiger partial charge in [-0.25, -0.2) is 0 Å². The van der Waals surface area contributed by atoms with Crippen LogP contribution in [0.3, 0.4) is 0 Å². The zero-order valence-electron chi connectivity index (χ0n) is 27.4. The van der Waals surface area contributed by atoms with Gasteiger partial charge in [0.2, 0.25) is 0 Å². The normalized spacial score (nSPS) is 11.2. The molecule has 0 saturated carbocycles. The van der Waals surface area contributed by atoms with Crippen LogP contribution >= 0.6 is 0 Å². The molecule has 0 N–H and O–H groups in total. The van der Waals surface area contributed by atoms with E-state index in [1.54, 1.807) is 0 Å². The van der Waals surface area contributed by atoms with Crippen molar-refractivity contribution < 1.29 is 4.42 Å². The van der Waals surface area contributed by atoms with Crippen LogP contribution < -0.4 is 4.90 Å². The average Bonchev–Trinajstić information content (AvgIpc) is 3.64. The lowest BCUT2D eigenvalue weighted by molar-refractivity contribution is 0.631. The van der Waals surface area contributed by atoms with Crippen molar-refractivity contribution in [2.45, 2.75) is 0 Å². The van der Waals surface area contributed by atoms with Gasteiger partial charge in [-0.3, -0.25) is 0 Å². The number of para-hydroxylation sites is 1. The first kappa shape index (κ1) is 29.5. The summed E-state index contributed by atoms with van der Waals surface area (Å²) in [7, 11) is 0. The molecule has 0 amide bonds. The van der Waals surface area contributed by atoms with Gasteiger partial charge in [0, 0.05) is 28.0 Å². The summed E-state index contributed by atoms with van der Waals surface area (Å²) in [5.74, 6) is 0.878. The topological polar surface area (TPSA) is 16.4 Å². The summed E-state index contributed by atoms with van der Waals surface area (Å²) in [6.45, 7) is 0. The maximum atomic E-state index is 6.18. The van der Waals surface area contributed by atoms with Crippen LogP contribution in [0.1, 0.15) is 0 Å². The third kappa shape index (κ3) is 5.74. The number of furan rings is 1. The minimum Gasteiger partial charge on any atom is -0.456 e. The van der Waals surface area contributed by atoms with Crippen LogP contribution in [0.2, 0.25) is 0 Å². The van der Waals surface area contributed by atoms with Crippen molar-refractivity contribution in [2.75, 3.05) is 4.90 Å². The van der Waals surface area contributed by atoms with Crippen molar-refractivity contribution in [1.82, 2.24) is 0 Å². The third-order valence-electron chi connectivity index (χ3n) is 9.47. The highest BCUT2D eigenvalue weighted by molar-refractivity contribution is 5.90. The zero-order chi connectivity index (χ0) is 33.3. The number of anilines is 3. The number of hydrogen-bond donors (Lipinski definition) is 0. The molecule has 0 radical (unpaired) electrons. The second-order valence-electron chi connectivity index (χ2n) is 12.6. The number of rotatable bonds is 7. The van der Waals surface area contributed by atoms with E-state index in [9.17, 15) is 0 Å². The van der Waals surface area contributed by atoms with Crippen molar-refractivity contribution >= 4 is 38.8 Å². The van der Waals surface area contributed by atoms with Crippen molar-refractivity contribution in [2.24, 2.45) is 0 Å². The summed E-state index contributed by atoms with van der Waals surface area (Å²) >= 11 is 0. The summed E-state index contributed by atoms with van der Waals surface area (Å²) in [4.78, 5) is 2.34. The lowest BCUT2D eigenvalue weighted by Gasteiger charge is -2.26. The largest absolute Gasteiger partial charge is 0.456 e. The Kier molecular flexibility index (Phi) is 7.53. The molecular formula is C48H33NO. The van der Waals surface area contributed by atoms with E-state index in [4.69, 9.17) is 4.42 Å². The Morgan fingerprint density at radius 3 is 1.42 bits per heavy atom. The Bertz CT molecular complexity index is 2530. The van der Waals surface area contributed by atoms with Gasteiger partial charge in [0.1, 0.15) is 11.3 Å². The first-order chi connectivity index (χ1) is 24.7. The molecule has 2 nitrogen and oxygen atoms in total. The monoisotopic (exact) mass is 639 g/mol. The molecule has 0 unspecified atom stereocenters. The smallest absolute Gasteiger partial charge is 0.135 e. The van der Waals surface area contributed by atoms with Crippen LogP contribution in [-0.2, 0) is 0 Å². The molecule has 1 aromatic heterocycles. The lowest BCUT2D eigenvalue weighted by Crippen LogP contribution is -2.09. The van der Waals surface area contributed by atoms with Gasteiger partial charge < -0.3 is 9.32 Å². The van der Waals surface area contributed by atoms with Gasteiger partial charge in [-0.15, -0.1) is 0 Å². The second kappa shape index (κ2) is 12.8. The third-order valence-corrected chi connectivity index (χ3v) is 9.47. The number of hydrogen-bond acceptors (Lipinski definition) is 2. The maximum absolute atomic E-state index is 6.18. The van der Waals surface area contributed by atoms with E-state index >= 15 is 0 Å². The number of nitrogens with zero attached hydrogens (tertiary/aromatic N) is 1. The van der Waals surface area contributed by atoms with E-state index < -0.39 is 0 Å². The van der Waals surface area contributed by atoms with Crippen molar-refractivity contribution in [3.8, 4) is 44.7 Å². The minimum absolute atomic E-state index is 0.878. The first-order valence-corrected chi connectivity index (χ1v) is 17.0. The zero-order valence-corrected chi connectivity index (χ0v) is 27.4. The van der Waals surface area contributed by atoms with Crippen LogP contribution in [0.15, 0.2) is 205 Å². The molecule has 8 aromatic carbocycles. The SMILES string of the molecule is c1ccc(-c2ccc(-c3ccc(N(c4ccc(-c5cccc(-c6cc7ccccc7o6)c5)cc4)c4ccc5ccccc5c4)cc3)cc2)cc1. The van der Waals surface area contributed by atoms with Gasteiger partial charge >= 0.3 is 0 Å². The molecule has 0 aliphatic carbocycles. The second-order valence-corrected chi connectivity index (χ2v) is 12.6. The van der Waals surface area contributed by atoms with Gasteiger partial charge in [0.15, 0.2) is 0 Å². The Morgan fingerprint density at radius 2 is 0.760 bits per heavy atom. The summed E-state index contributed by atoms with van der Waals surface area (Å²) in [5.41, 5.74) is 12.4. The van der Waals surface area contributed by atoms with Crippen molar-refractivity contribution in [1.29, 1.82) is 0 Å². The minimum atomic E-state index is 0.878. The number of fused-ring (bicyclic) bond motifs is 2. The molecule has 50 heavy (non-hydrogen) atoms. The average molecular weight is 640 g/mol. The van der Waals surface area contributed by atoms with Gasteiger partial charge in [-0.2, -0.15) is 0 Å². The van der Waals surface area contributed by atoms with E-state index in [1.165, 1.54) is 33.0 Å². The molecule has 2 heteroatoms. The van der Waals surface area contributed by atoms with E-state index in [1.807, 2.05) is 18.2 Å². The van der Waals surface area contributed by atoms with E-state index in [2.05, 4.69) is 187 Å². The fraction of sp³-hybridized carbons (Fsp3) is 0. The molecule has 0 atom stereocenters. The highest BCUT2D eigenvalue weighted by atomic mass is 16.3. The summed E-state index contributed by atoms with van der Waals surface area (Å²) in [6.07, 6.45) is 0. The summed E-state index contributed by atoms with van der Waals surface area (Å²) in [6, 6.07) is 71.1. The van der Waals surface area contributed by atoms with Crippen LogP contribution in [-0.4, -0.2) is 0 Å². The Labute approximate surface area is 292 Å². The summed E-state index contributed by atoms with van der Waals surface area (Å²) < 4.78 is 6.18. The highest BCUT2D eigenvalue weighted by Crippen LogP contribution is 2.39. The molecule has 9 rings (SSSR count). The molecular weight excluding hydrogens is 607 g/mol. The molecule has 9 aromatic rings. The predicted octanol–water partition coefficient (Wildman–Crippen LogP) is 13.7. The standard InChI is InChI=1S/C48H33NO/c1-2-9-34(10-3-1)36-17-19-37(20-18-36)38-21-26-44(27-22-38)49(46-30-25-35-11-4-5-12-41(35)32-46)45-28-23-39(24-29-45)40-14-8-15-42(31-40)48-33-43-13-6-7-16-47(43)50-48/h1-33H. The van der Waals surface area contributed by atoms with E-state index in [0.717, 1.165) is 50.5 Å². The molecule has 0 aliphatic rings. The predicted molar refractivity (Wildman–Crippen MR) is 210 cm³/mol. The lowest BCUT2D eigenvalue weighted by atomic mass is 9.99. The molecule has 236 valence electrons. The highest BCUT2D eigenvalue weighted by Gasteiger charge is 2.15. The van der Waals surface area contributed by atoms with Crippen LogP contribution in [0.4, 0.5) is 17.1 Å². The van der Waals surface area contributed by atoms with Gasteiger partial charge in [0.25, 0.3) is 0 Å². The molecule has 0 aliphatic heterocycles. The Morgan fingerprint density at radius 1 is 0.280 bits per heavy atom. The van der Waals surface area contributed by atoms with Gasteiger partial charge in [0.05, 0.1) is 0 Å². The first-order valence-electron chi connectivity index (χ1n) is 17.0. The van der Waals surface area contributed by atoms with Gasteiger partial charge in [-0.1, -0.05) is 146 Å². The summed E-state index contributed by atoms with van der Waals surface area (Å²) in [5, 5.41) is 3.55. The van der Waals surface area contributed by atoms with E-state index in [-0.39, 0.29) is 0 Å². The molecule has 0 bridgehead atoms. The fourth-order valence-electron chi connectivity index (χ4n) is 6.83. The quantitative estimate of drug-likeness (QED) is 0.173. The molecule has 0 fully saturated rings.